The van der Waals surface area contributed by atoms with Gasteiger partial charge in [-0.15, -0.1) is 0 Å². The molecule has 2 N–H and O–H groups in total. The molecule has 12 heteroatoms. The number of aromatic nitrogens is 2. The molecule has 34 heavy (non-hydrogen) atoms. The van der Waals surface area contributed by atoms with Crippen LogP contribution < -0.4 is 10.1 Å². The number of aliphatic hydroxyl groups excluding tert-OH is 1. The van der Waals surface area contributed by atoms with E-state index in [2.05, 4.69) is 15.3 Å². The maximum atomic E-state index is 13.3. The molecule has 1 aliphatic heterocycles. The van der Waals surface area contributed by atoms with Crippen molar-refractivity contribution in [2.45, 2.75) is 37.7 Å². The second-order valence-electron chi connectivity index (χ2n) is 7.72. The van der Waals surface area contributed by atoms with Crippen LogP contribution in [0.5, 0.6) is 5.88 Å². The first-order chi connectivity index (χ1) is 16.2. The number of amides is 3. The molecule has 0 bridgehead atoms. The third kappa shape index (κ3) is 4.53. The number of hydrogen-bond acceptors (Lipinski definition) is 7. The van der Waals surface area contributed by atoms with Crippen molar-refractivity contribution in [1.29, 1.82) is 0 Å². The van der Waals surface area contributed by atoms with Crippen LogP contribution >= 0.6 is 0 Å². The molecule has 1 aliphatic carbocycles. The standard InChI is InChI=1S/C22H21F3N4O5/c1-33-18-7-14(22(23,24)25)6-16(28-18)19-17(11-30)29(21(32)34-19)20(31)27-10-13-9-26-8-12-4-2-3-5-15(12)13/h3,5-9,17,19,30H,2,4,10-11H2,1H3,(H,27,31). The molecule has 180 valence electrons. The molecule has 4 rings (SSSR count). The number of rotatable bonds is 5. The van der Waals surface area contributed by atoms with Crippen molar-refractivity contribution < 1.29 is 37.3 Å². The number of halogens is 3. The lowest BCUT2D eigenvalue weighted by Crippen LogP contribution is -2.47. The second-order valence-corrected chi connectivity index (χ2v) is 7.72. The lowest BCUT2D eigenvalue weighted by Gasteiger charge is -2.22. The molecule has 0 spiro atoms. The summed E-state index contributed by atoms with van der Waals surface area (Å²) in [6, 6.07) is -0.778. The van der Waals surface area contributed by atoms with Crippen molar-refractivity contribution in [2.24, 2.45) is 0 Å². The van der Waals surface area contributed by atoms with Crippen LogP contribution in [0.15, 0.2) is 30.6 Å². The van der Waals surface area contributed by atoms with Gasteiger partial charge in [0.15, 0.2) is 6.10 Å². The summed E-state index contributed by atoms with van der Waals surface area (Å²) in [5.41, 5.74) is 1.33. The van der Waals surface area contributed by atoms with Crippen molar-refractivity contribution in [2.75, 3.05) is 13.7 Å². The monoisotopic (exact) mass is 478 g/mol. The Hall–Kier alpha value is -3.67. The molecule has 0 aromatic carbocycles. The highest BCUT2D eigenvalue weighted by atomic mass is 19.4. The van der Waals surface area contributed by atoms with Gasteiger partial charge in [-0.3, -0.25) is 4.98 Å². The zero-order chi connectivity index (χ0) is 24.5. The molecule has 2 unspecified atom stereocenters. The van der Waals surface area contributed by atoms with Gasteiger partial charge in [-0.25, -0.2) is 19.5 Å². The largest absolute Gasteiger partial charge is 0.481 e. The summed E-state index contributed by atoms with van der Waals surface area (Å²) < 4.78 is 49.9. The summed E-state index contributed by atoms with van der Waals surface area (Å²) in [6.45, 7) is -0.712. The van der Waals surface area contributed by atoms with E-state index in [1.807, 2.05) is 12.2 Å². The highest BCUT2D eigenvalue weighted by molar-refractivity contribution is 5.93. The Morgan fingerprint density at radius 1 is 1.35 bits per heavy atom. The Morgan fingerprint density at radius 3 is 2.85 bits per heavy atom. The number of pyridine rings is 2. The van der Waals surface area contributed by atoms with E-state index in [0.717, 1.165) is 36.6 Å². The molecule has 2 atom stereocenters. The summed E-state index contributed by atoms with van der Waals surface area (Å²) in [7, 11) is 1.14. The normalized spacial score (nSPS) is 19.6. The van der Waals surface area contributed by atoms with Crippen LogP contribution in [-0.2, 0) is 23.9 Å². The maximum Gasteiger partial charge on any atom is 0.419 e. The van der Waals surface area contributed by atoms with Gasteiger partial charge >= 0.3 is 18.3 Å². The molecule has 9 nitrogen and oxygen atoms in total. The van der Waals surface area contributed by atoms with Crippen LogP contribution in [0.2, 0.25) is 0 Å². The van der Waals surface area contributed by atoms with Gasteiger partial charge in [-0.05, 0) is 35.6 Å². The van der Waals surface area contributed by atoms with E-state index in [9.17, 15) is 27.9 Å². The molecule has 2 aliphatic rings. The smallest absolute Gasteiger partial charge is 0.419 e. The molecular formula is C22H21F3N4O5. The average Bonchev–Trinajstić information content (AvgIpc) is 3.17. The number of aliphatic hydroxyl groups is 1. The number of nitrogens with one attached hydrogen (secondary N) is 1. The minimum absolute atomic E-state index is 0.0432. The van der Waals surface area contributed by atoms with Crippen LogP contribution in [0.3, 0.4) is 0 Å². The van der Waals surface area contributed by atoms with Gasteiger partial charge in [0.25, 0.3) is 0 Å². The van der Waals surface area contributed by atoms with Crippen molar-refractivity contribution in [3.63, 3.8) is 0 Å². The molecule has 0 saturated carbocycles. The van der Waals surface area contributed by atoms with E-state index in [4.69, 9.17) is 9.47 Å². The number of carbonyl (C=O) groups is 2. The molecule has 1 fully saturated rings. The topological polar surface area (TPSA) is 114 Å². The number of fused-ring (bicyclic) bond motifs is 1. The third-order valence-electron chi connectivity index (χ3n) is 5.61. The highest BCUT2D eigenvalue weighted by Crippen LogP contribution is 2.37. The highest BCUT2D eigenvalue weighted by Gasteiger charge is 2.47. The Balaban J connectivity index is 1.55. The number of hydrogen-bond donors (Lipinski definition) is 2. The summed E-state index contributed by atoms with van der Waals surface area (Å²) in [4.78, 5) is 34.0. The van der Waals surface area contributed by atoms with Crippen LogP contribution in [0.4, 0.5) is 22.8 Å². The summed E-state index contributed by atoms with van der Waals surface area (Å²) in [5, 5.41) is 12.5. The molecular weight excluding hydrogens is 457 g/mol. The molecule has 0 radical (unpaired) electrons. The Bertz CT molecular complexity index is 1140. The fourth-order valence-corrected chi connectivity index (χ4v) is 3.94. The number of ether oxygens (including phenoxy) is 2. The molecule has 2 aromatic heterocycles. The van der Waals surface area contributed by atoms with Crippen LogP contribution in [0.1, 0.15) is 40.5 Å². The first-order valence-corrected chi connectivity index (χ1v) is 10.4. The minimum atomic E-state index is -4.71. The van der Waals surface area contributed by atoms with Crippen molar-refractivity contribution >= 4 is 18.2 Å². The number of allylic oxidation sites excluding steroid dienone is 1. The Labute approximate surface area is 192 Å². The summed E-state index contributed by atoms with van der Waals surface area (Å²) in [6.07, 6.45) is 1.75. The van der Waals surface area contributed by atoms with Gasteiger partial charge in [0.2, 0.25) is 5.88 Å². The van der Waals surface area contributed by atoms with Crippen molar-refractivity contribution in [3.05, 3.63) is 58.6 Å². The first kappa shape index (κ1) is 23.5. The molecule has 3 amide bonds. The van der Waals surface area contributed by atoms with E-state index in [-0.39, 0.29) is 18.1 Å². The first-order valence-electron chi connectivity index (χ1n) is 10.4. The van der Waals surface area contributed by atoms with Crippen LogP contribution in [-0.4, -0.2) is 51.9 Å². The number of urea groups is 1. The zero-order valence-corrected chi connectivity index (χ0v) is 18.0. The van der Waals surface area contributed by atoms with Gasteiger partial charge in [0.1, 0.15) is 6.04 Å². The number of nitrogens with zero attached hydrogens (tertiary/aromatic N) is 3. The van der Waals surface area contributed by atoms with Gasteiger partial charge < -0.3 is 19.9 Å². The minimum Gasteiger partial charge on any atom is -0.481 e. The number of aryl methyl sites for hydroxylation is 1. The number of cyclic esters (lactones) is 1. The summed E-state index contributed by atoms with van der Waals surface area (Å²) in [5.74, 6) is -0.352. The third-order valence-corrected chi connectivity index (χ3v) is 5.61. The van der Waals surface area contributed by atoms with Crippen LogP contribution in [0, 0.1) is 0 Å². The van der Waals surface area contributed by atoms with Gasteiger partial charge in [-0.1, -0.05) is 12.2 Å². The molecule has 2 aromatic rings. The lowest BCUT2D eigenvalue weighted by molar-refractivity contribution is -0.137. The Morgan fingerprint density at radius 2 is 2.15 bits per heavy atom. The number of methoxy groups -OCH3 is 1. The zero-order valence-electron chi connectivity index (χ0n) is 18.0. The van der Waals surface area contributed by atoms with E-state index < -0.39 is 42.6 Å². The van der Waals surface area contributed by atoms with E-state index >= 15 is 0 Å². The maximum absolute atomic E-state index is 13.3. The van der Waals surface area contributed by atoms with E-state index in [0.29, 0.717) is 17.0 Å². The quantitative estimate of drug-likeness (QED) is 0.678. The SMILES string of the molecule is COc1cc(C(F)(F)F)cc(C2OC(=O)N(C(=O)NCc3cncc4c3C=CCC4)C2CO)n1. The fourth-order valence-electron chi connectivity index (χ4n) is 3.94. The van der Waals surface area contributed by atoms with E-state index in [1.54, 1.807) is 12.4 Å². The lowest BCUT2D eigenvalue weighted by atomic mass is 9.96. The second kappa shape index (κ2) is 9.29. The number of carbonyl (C=O) groups excluding carboxylic acids is 2. The predicted octanol–water partition coefficient (Wildman–Crippen LogP) is 3.23. The fraction of sp³-hybridized carbons (Fsp3) is 0.364. The van der Waals surface area contributed by atoms with Crippen molar-refractivity contribution in [1.82, 2.24) is 20.2 Å². The molecule has 3 heterocycles. The summed E-state index contributed by atoms with van der Waals surface area (Å²) >= 11 is 0. The predicted molar refractivity (Wildman–Crippen MR) is 112 cm³/mol. The average molecular weight is 478 g/mol. The molecule has 1 saturated heterocycles. The van der Waals surface area contributed by atoms with Gasteiger partial charge in [-0.2, -0.15) is 13.2 Å². The van der Waals surface area contributed by atoms with Crippen LogP contribution in [0.25, 0.3) is 6.08 Å². The van der Waals surface area contributed by atoms with Gasteiger partial charge in [0.05, 0.1) is 25.0 Å². The Kier molecular flexibility index (Phi) is 6.42. The number of imide groups is 1. The van der Waals surface area contributed by atoms with E-state index in [1.165, 1.54) is 0 Å². The number of alkyl halides is 3. The van der Waals surface area contributed by atoms with Crippen molar-refractivity contribution in [3.8, 4) is 5.88 Å². The van der Waals surface area contributed by atoms with Gasteiger partial charge in [0, 0.05) is 25.0 Å².